The van der Waals surface area contributed by atoms with E-state index < -0.39 is 22.5 Å². The fraction of sp³-hybridized carbons (Fsp3) is 0.154. The molecule has 2 atom stereocenters. The van der Waals surface area contributed by atoms with Gasteiger partial charge in [0.25, 0.3) is 6.04 Å². The molecule has 0 bridgehead atoms. The molecule has 0 heterocycles. The third kappa shape index (κ3) is 2.58. The number of allylic oxidation sites excluding steroid dienone is 2. The van der Waals surface area contributed by atoms with Gasteiger partial charge in [-0.1, -0.05) is 36.4 Å². The van der Waals surface area contributed by atoms with E-state index in [0.29, 0.717) is 5.56 Å². The summed E-state index contributed by atoms with van der Waals surface area (Å²) in [5.74, 6) is -2.98. The predicted molar refractivity (Wildman–Crippen MR) is 66.8 cm³/mol. The largest absolute Gasteiger partial charge is 0.290 e. The van der Waals surface area contributed by atoms with E-state index in [4.69, 9.17) is 5.73 Å². The Labute approximate surface area is 108 Å². The molecule has 0 spiro atoms. The van der Waals surface area contributed by atoms with Gasteiger partial charge in [0, 0.05) is 22.1 Å². The summed E-state index contributed by atoms with van der Waals surface area (Å²) in [5.41, 5.74) is 5.61. The molecule has 2 rings (SSSR count). The summed E-state index contributed by atoms with van der Waals surface area (Å²) in [5, 5.41) is 10.8. The monoisotopic (exact) mass is 262 g/mol. The number of Topliss-reactive ketones (excluding diaryl/α,β-unsaturated/α-hetero) is 1. The van der Waals surface area contributed by atoms with Crippen LogP contribution in [0.25, 0.3) is 0 Å². The Morgan fingerprint density at radius 1 is 1.37 bits per heavy atom. The van der Waals surface area contributed by atoms with Gasteiger partial charge in [-0.15, -0.1) is 0 Å². The lowest BCUT2D eigenvalue weighted by Crippen LogP contribution is -2.49. The summed E-state index contributed by atoms with van der Waals surface area (Å²) < 4.78 is 13.7. The Balaban J connectivity index is 2.34. The number of nitro groups is 1. The van der Waals surface area contributed by atoms with Gasteiger partial charge in [0.15, 0.2) is 5.78 Å². The zero-order valence-corrected chi connectivity index (χ0v) is 9.82. The summed E-state index contributed by atoms with van der Waals surface area (Å²) in [4.78, 5) is 22.0. The van der Waals surface area contributed by atoms with E-state index >= 15 is 0 Å². The molecule has 1 aliphatic carbocycles. The van der Waals surface area contributed by atoms with Gasteiger partial charge in [-0.25, -0.2) is 4.39 Å². The summed E-state index contributed by atoms with van der Waals surface area (Å²) in [7, 11) is 0. The minimum atomic E-state index is -2.58. The molecule has 0 aliphatic heterocycles. The first-order valence-electron chi connectivity index (χ1n) is 5.54. The SMILES string of the molecule is NC1(F)C=CC(C(=O)c2ccccc2)=CC1[N+](=O)[O-]. The maximum atomic E-state index is 13.7. The van der Waals surface area contributed by atoms with E-state index in [9.17, 15) is 19.3 Å². The number of carbonyl (C=O) groups excluding carboxylic acids is 1. The molecule has 2 N–H and O–H groups in total. The van der Waals surface area contributed by atoms with Crippen molar-refractivity contribution in [3.8, 4) is 0 Å². The van der Waals surface area contributed by atoms with Gasteiger partial charge in [-0.3, -0.25) is 20.6 Å². The third-order valence-corrected chi connectivity index (χ3v) is 2.83. The lowest BCUT2D eigenvalue weighted by atomic mass is 9.92. The highest BCUT2D eigenvalue weighted by molar-refractivity contribution is 6.10. The number of nitrogens with zero attached hydrogens (tertiary/aromatic N) is 1. The van der Waals surface area contributed by atoms with Crippen LogP contribution in [0.2, 0.25) is 0 Å². The van der Waals surface area contributed by atoms with Crippen LogP contribution in [0, 0.1) is 10.1 Å². The van der Waals surface area contributed by atoms with Crippen molar-refractivity contribution in [2.75, 3.05) is 0 Å². The first-order valence-corrected chi connectivity index (χ1v) is 5.54. The highest BCUT2D eigenvalue weighted by Gasteiger charge is 2.43. The van der Waals surface area contributed by atoms with Gasteiger partial charge < -0.3 is 0 Å². The van der Waals surface area contributed by atoms with Crippen molar-refractivity contribution < 1.29 is 14.1 Å². The van der Waals surface area contributed by atoms with Gasteiger partial charge in [0.1, 0.15) is 0 Å². The van der Waals surface area contributed by atoms with E-state index in [2.05, 4.69) is 0 Å². The first kappa shape index (κ1) is 13.1. The number of nitrogens with two attached hydrogens (primary N) is 1. The van der Waals surface area contributed by atoms with Gasteiger partial charge >= 0.3 is 0 Å². The van der Waals surface area contributed by atoms with Crippen LogP contribution in [-0.4, -0.2) is 22.5 Å². The standard InChI is InChI=1S/C13H11FN2O3/c14-13(15)7-6-10(8-11(13)16(18)19)12(17)9-4-2-1-3-5-9/h1-8,11H,15H2. The van der Waals surface area contributed by atoms with Crippen molar-refractivity contribution in [3.63, 3.8) is 0 Å². The predicted octanol–water partition coefficient (Wildman–Crippen LogP) is 1.64. The molecular formula is C13H11FN2O3. The molecular weight excluding hydrogens is 251 g/mol. The van der Waals surface area contributed by atoms with Crippen LogP contribution in [0.15, 0.2) is 54.1 Å². The summed E-state index contributed by atoms with van der Waals surface area (Å²) in [6.07, 6.45) is 2.97. The number of rotatable bonds is 3. The molecule has 19 heavy (non-hydrogen) atoms. The average molecular weight is 262 g/mol. The van der Waals surface area contributed by atoms with Crippen LogP contribution < -0.4 is 5.73 Å². The van der Waals surface area contributed by atoms with E-state index in [1.807, 2.05) is 0 Å². The molecule has 1 aliphatic rings. The number of alkyl halides is 1. The molecule has 1 aromatic carbocycles. The smallest absolute Gasteiger partial charge is 0.282 e. The molecule has 1 aromatic rings. The molecule has 0 radical (unpaired) electrons. The van der Waals surface area contributed by atoms with Gasteiger partial charge in [-0.05, 0) is 6.08 Å². The molecule has 98 valence electrons. The van der Waals surface area contributed by atoms with Crippen LogP contribution in [0.4, 0.5) is 4.39 Å². The molecule has 6 heteroatoms. The lowest BCUT2D eigenvalue weighted by Gasteiger charge is -2.22. The minimum Gasteiger partial charge on any atom is -0.290 e. The number of hydrogen-bond acceptors (Lipinski definition) is 4. The van der Waals surface area contributed by atoms with Crippen molar-refractivity contribution in [3.05, 3.63) is 69.8 Å². The topological polar surface area (TPSA) is 86.2 Å². The Morgan fingerprint density at radius 3 is 2.58 bits per heavy atom. The number of benzene rings is 1. The maximum Gasteiger partial charge on any atom is 0.282 e. The molecule has 0 fully saturated rings. The average Bonchev–Trinajstić information content (AvgIpc) is 2.38. The fourth-order valence-electron chi connectivity index (χ4n) is 1.80. The zero-order chi connectivity index (χ0) is 14.0. The van der Waals surface area contributed by atoms with Crippen LogP contribution in [0.1, 0.15) is 10.4 Å². The normalized spacial score (nSPS) is 25.8. The van der Waals surface area contributed by atoms with Crippen molar-refractivity contribution in [2.24, 2.45) is 5.73 Å². The van der Waals surface area contributed by atoms with Crippen LogP contribution >= 0.6 is 0 Å². The van der Waals surface area contributed by atoms with E-state index in [1.165, 1.54) is 6.08 Å². The number of halogens is 1. The second-order valence-electron chi connectivity index (χ2n) is 4.21. The van der Waals surface area contributed by atoms with Crippen molar-refractivity contribution in [2.45, 2.75) is 11.8 Å². The molecule has 0 saturated carbocycles. The van der Waals surface area contributed by atoms with Crippen molar-refractivity contribution >= 4 is 5.78 Å². The van der Waals surface area contributed by atoms with Crippen molar-refractivity contribution in [1.82, 2.24) is 0 Å². The van der Waals surface area contributed by atoms with Gasteiger partial charge in [0.05, 0.1) is 0 Å². The Bertz CT molecular complexity index is 579. The van der Waals surface area contributed by atoms with Gasteiger partial charge in [0.2, 0.25) is 5.79 Å². The number of ketones is 1. The van der Waals surface area contributed by atoms with Crippen LogP contribution in [0.5, 0.6) is 0 Å². The quantitative estimate of drug-likeness (QED) is 0.388. The highest BCUT2D eigenvalue weighted by Crippen LogP contribution is 2.24. The maximum absolute atomic E-state index is 13.7. The number of carbonyl (C=O) groups is 1. The first-order chi connectivity index (χ1) is 8.92. The van der Waals surface area contributed by atoms with E-state index in [1.54, 1.807) is 30.3 Å². The Morgan fingerprint density at radius 2 is 2.00 bits per heavy atom. The minimum absolute atomic E-state index is 0.0617. The van der Waals surface area contributed by atoms with Crippen LogP contribution in [0.3, 0.4) is 0 Å². The molecule has 0 saturated heterocycles. The van der Waals surface area contributed by atoms with Crippen LogP contribution in [-0.2, 0) is 0 Å². The zero-order valence-electron chi connectivity index (χ0n) is 9.82. The highest BCUT2D eigenvalue weighted by atomic mass is 19.1. The molecule has 0 aromatic heterocycles. The summed E-state index contributed by atoms with van der Waals surface area (Å²) in [6.45, 7) is 0. The lowest BCUT2D eigenvalue weighted by molar-refractivity contribution is -0.524. The molecule has 5 nitrogen and oxygen atoms in total. The fourth-order valence-corrected chi connectivity index (χ4v) is 1.80. The summed E-state index contributed by atoms with van der Waals surface area (Å²) >= 11 is 0. The summed E-state index contributed by atoms with van der Waals surface area (Å²) in [6, 6.07) is 6.49. The second kappa shape index (κ2) is 4.74. The Kier molecular flexibility index (Phi) is 3.26. The Hall–Kier alpha value is -2.34. The number of hydrogen-bond donors (Lipinski definition) is 1. The van der Waals surface area contributed by atoms with Gasteiger partial charge in [-0.2, -0.15) is 0 Å². The second-order valence-corrected chi connectivity index (χ2v) is 4.21. The van der Waals surface area contributed by atoms with Crippen molar-refractivity contribution in [1.29, 1.82) is 0 Å². The molecule has 0 amide bonds. The molecule has 2 unspecified atom stereocenters. The third-order valence-electron chi connectivity index (χ3n) is 2.83. The van der Waals surface area contributed by atoms with E-state index in [-0.39, 0.29) is 5.57 Å². The van der Waals surface area contributed by atoms with E-state index in [0.717, 1.165) is 12.2 Å².